The average Bonchev–Trinajstić information content (AvgIpc) is 2.43. The van der Waals surface area contributed by atoms with E-state index < -0.39 is 0 Å². The van der Waals surface area contributed by atoms with Crippen LogP contribution in [0.25, 0.3) is 0 Å². The number of hydrogen-bond donors (Lipinski definition) is 1. The second-order valence-electron chi connectivity index (χ2n) is 4.26. The van der Waals surface area contributed by atoms with Crippen molar-refractivity contribution in [1.82, 2.24) is 0 Å². The SMILES string of the molecule is COc1ccc(NC(=O)c2cc(Br)ccc2Cl)c(C)c1. The minimum Gasteiger partial charge on any atom is -0.497 e. The van der Waals surface area contributed by atoms with Crippen LogP contribution in [-0.2, 0) is 0 Å². The normalized spacial score (nSPS) is 10.2. The molecule has 2 aromatic rings. The molecule has 0 aromatic heterocycles. The molecule has 0 unspecified atom stereocenters. The van der Waals surface area contributed by atoms with Gasteiger partial charge in [-0.1, -0.05) is 27.5 Å². The van der Waals surface area contributed by atoms with Gasteiger partial charge in [0, 0.05) is 10.2 Å². The Morgan fingerprint density at radius 1 is 1.25 bits per heavy atom. The molecule has 0 heterocycles. The van der Waals surface area contributed by atoms with Gasteiger partial charge in [0.25, 0.3) is 5.91 Å². The lowest BCUT2D eigenvalue weighted by atomic mass is 10.1. The molecule has 0 aliphatic rings. The van der Waals surface area contributed by atoms with Crippen molar-refractivity contribution >= 4 is 39.1 Å². The molecule has 0 saturated heterocycles. The highest BCUT2D eigenvalue weighted by atomic mass is 79.9. The number of nitrogens with one attached hydrogen (secondary N) is 1. The first kappa shape index (κ1) is 14.9. The molecule has 0 spiro atoms. The largest absolute Gasteiger partial charge is 0.497 e. The lowest BCUT2D eigenvalue weighted by molar-refractivity contribution is 0.102. The lowest BCUT2D eigenvalue weighted by Gasteiger charge is -2.11. The van der Waals surface area contributed by atoms with E-state index in [0.29, 0.717) is 10.6 Å². The minimum atomic E-state index is -0.246. The fraction of sp³-hybridized carbons (Fsp3) is 0.133. The van der Waals surface area contributed by atoms with E-state index in [2.05, 4.69) is 21.2 Å². The van der Waals surface area contributed by atoms with Gasteiger partial charge in [-0.2, -0.15) is 0 Å². The maximum Gasteiger partial charge on any atom is 0.257 e. The number of hydrogen-bond acceptors (Lipinski definition) is 2. The summed E-state index contributed by atoms with van der Waals surface area (Å²) in [5.41, 5.74) is 2.08. The van der Waals surface area contributed by atoms with Crippen LogP contribution in [0.5, 0.6) is 5.75 Å². The van der Waals surface area contributed by atoms with Gasteiger partial charge in [-0.15, -0.1) is 0 Å². The Kier molecular flexibility index (Phi) is 4.68. The Hall–Kier alpha value is -1.52. The van der Waals surface area contributed by atoms with Gasteiger partial charge in [0.15, 0.2) is 0 Å². The van der Waals surface area contributed by atoms with E-state index in [1.807, 2.05) is 13.0 Å². The Labute approximate surface area is 131 Å². The summed E-state index contributed by atoms with van der Waals surface area (Å²) < 4.78 is 5.94. The monoisotopic (exact) mass is 353 g/mol. The van der Waals surface area contributed by atoms with Crippen molar-refractivity contribution in [1.29, 1.82) is 0 Å². The Morgan fingerprint density at radius 2 is 2.00 bits per heavy atom. The van der Waals surface area contributed by atoms with E-state index in [0.717, 1.165) is 21.5 Å². The summed E-state index contributed by atoms with van der Waals surface area (Å²) in [6.45, 7) is 1.90. The molecule has 3 nitrogen and oxygen atoms in total. The molecule has 0 fully saturated rings. The van der Waals surface area contributed by atoms with Gasteiger partial charge in [0.2, 0.25) is 0 Å². The van der Waals surface area contributed by atoms with Gasteiger partial charge >= 0.3 is 0 Å². The highest BCUT2D eigenvalue weighted by Gasteiger charge is 2.12. The van der Waals surface area contributed by atoms with Gasteiger partial charge < -0.3 is 10.1 Å². The Balaban J connectivity index is 2.25. The lowest BCUT2D eigenvalue weighted by Crippen LogP contribution is -2.13. The minimum absolute atomic E-state index is 0.246. The Morgan fingerprint density at radius 3 is 2.65 bits per heavy atom. The van der Waals surface area contributed by atoms with Crippen LogP contribution in [0, 0.1) is 6.92 Å². The zero-order valence-electron chi connectivity index (χ0n) is 11.0. The number of aryl methyl sites for hydroxylation is 1. The summed E-state index contributed by atoms with van der Waals surface area (Å²) in [6, 6.07) is 10.6. The van der Waals surface area contributed by atoms with Crippen LogP contribution < -0.4 is 10.1 Å². The predicted octanol–water partition coefficient (Wildman–Crippen LogP) is 4.67. The van der Waals surface area contributed by atoms with Gasteiger partial charge in [-0.05, 0) is 48.9 Å². The van der Waals surface area contributed by atoms with Crippen molar-refractivity contribution in [2.75, 3.05) is 12.4 Å². The average molecular weight is 355 g/mol. The summed E-state index contributed by atoms with van der Waals surface area (Å²) in [4.78, 5) is 12.2. The van der Waals surface area contributed by atoms with E-state index in [9.17, 15) is 4.79 Å². The number of anilines is 1. The quantitative estimate of drug-likeness (QED) is 0.869. The molecular weight excluding hydrogens is 342 g/mol. The third-order valence-electron chi connectivity index (χ3n) is 2.85. The molecule has 0 bridgehead atoms. The van der Waals surface area contributed by atoms with Crippen molar-refractivity contribution in [3.05, 3.63) is 57.0 Å². The molecule has 0 atom stereocenters. The van der Waals surface area contributed by atoms with Crippen LogP contribution in [0.3, 0.4) is 0 Å². The van der Waals surface area contributed by atoms with Crippen LogP contribution in [0.4, 0.5) is 5.69 Å². The standard InChI is InChI=1S/C15H13BrClNO2/c1-9-7-11(20-2)4-6-14(9)18-15(19)12-8-10(16)3-5-13(12)17/h3-8H,1-2H3,(H,18,19). The van der Waals surface area contributed by atoms with Crippen molar-refractivity contribution in [2.24, 2.45) is 0 Å². The topological polar surface area (TPSA) is 38.3 Å². The maximum absolute atomic E-state index is 12.2. The molecule has 2 rings (SSSR count). The molecule has 0 aliphatic heterocycles. The van der Waals surface area contributed by atoms with E-state index >= 15 is 0 Å². The zero-order valence-corrected chi connectivity index (χ0v) is 13.4. The summed E-state index contributed by atoms with van der Waals surface area (Å²) >= 11 is 9.37. The molecule has 2 aromatic carbocycles. The fourth-order valence-corrected chi connectivity index (χ4v) is 2.33. The highest BCUT2D eigenvalue weighted by molar-refractivity contribution is 9.10. The summed E-state index contributed by atoms with van der Waals surface area (Å²) in [5, 5.41) is 3.26. The molecule has 104 valence electrons. The van der Waals surface area contributed by atoms with Gasteiger partial charge in [0.1, 0.15) is 5.75 Å². The zero-order chi connectivity index (χ0) is 14.7. The predicted molar refractivity (Wildman–Crippen MR) is 84.8 cm³/mol. The number of carbonyl (C=O) groups excluding carboxylic acids is 1. The van der Waals surface area contributed by atoms with E-state index in [1.165, 1.54) is 0 Å². The third-order valence-corrected chi connectivity index (χ3v) is 3.68. The van der Waals surface area contributed by atoms with Crippen molar-refractivity contribution in [2.45, 2.75) is 6.92 Å². The van der Waals surface area contributed by atoms with Gasteiger partial charge in [0.05, 0.1) is 17.7 Å². The van der Waals surface area contributed by atoms with Crippen molar-refractivity contribution < 1.29 is 9.53 Å². The van der Waals surface area contributed by atoms with Crippen LogP contribution in [0.2, 0.25) is 5.02 Å². The molecule has 20 heavy (non-hydrogen) atoms. The maximum atomic E-state index is 12.2. The molecule has 0 saturated carbocycles. The van der Waals surface area contributed by atoms with Crippen LogP contribution in [0.15, 0.2) is 40.9 Å². The molecule has 1 N–H and O–H groups in total. The number of methoxy groups -OCH3 is 1. The second kappa shape index (κ2) is 6.29. The third kappa shape index (κ3) is 3.32. The first-order valence-electron chi connectivity index (χ1n) is 5.92. The molecule has 1 amide bonds. The van der Waals surface area contributed by atoms with Gasteiger partial charge in [-0.25, -0.2) is 0 Å². The number of halogens is 2. The van der Waals surface area contributed by atoms with Crippen LogP contribution in [0.1, 0.15) is 15.9 Å². The highest BCUT2D eigenvalue weighted by Crippen LogP contribution is 2.25. The van der Waals surface area contributed by atoms with Crippen LogP contribution >= 0.6 is 27.5 Å². The molecule has 0 aliphatic carbocycles. The summed E-state index contributed by atoms with van der Waals surface area (Å²) in [7, 11) is 1.61. The van der Waals surface area contributed by atoms with E-state index in [1.54, 1.807) is 37.4 Å². The second-order valence-corrected chi connectivity index (χ2v) is 5.58. The molecule has 5 heteroatoms. The van der Waals surface area contributed by atoms with E-state index in [4.69, 9.17) is 16.3 Å². The van der Waals surface area contributed by atoms with E-state index in [-0.39, 0.29) is 5.91 Å². The Bertz CT molecular complexity index is 658. The van der Waals surface area contributed by atoms with Crippen LogP contribution in [-0.4, -0.2) is 13.0 Å². The first-order valence-corrected chi connectivity index (χ1v) is 7.09. The summed E-state index contributed by atoms with van der Waals surface area (Å²) in [5.74, 6) is 0.505. The number of ether oxygens (including phenoxy) is 1. The molecule has 0 radical (unpaired) electrons. The first-order chi connectivity index (χ1) is 9.51. The fourth-order valence-electron chi connectivity index (χ4n) is 1.76. The van der Waals surface area contributed by atoms with Crippen molar-refractivity contribution in [3.8, 4) is 5.75 Å². The summed E-state index contributed by atoms with van der Waals surface area (Å²) in [6.07, 6.45) is 0. The molecular formula is C15H13BrClNO2. The number of carbonyl (C=O) groups is 1. The number of rotatable bonds is 3. The number of amides is 1. The number of benzene rings is 2. The smallest absolute Gasteiger partial charge is 0.257 e. The van der Waals surface area contributed by atoms with Crippen molar-refractivity contribution in [3.63, 3.8) is 0 Å². The van der Waals surface area contributed by atoms with Gasteiger partial charge in [-0.3, -0.25) is 4.79 Å².